The minimum Gasteiger partial charge on any atom is -0.378 e. The van der Waals surface area contributed by atoms with Crippen LogP contribution in [0.1, 0.15) is 13.3 Å². The van der Waals surface area contributed by atoms with Crippen LogP contribution in [-0.2, 0) is 9.53 Å². The molecule has 0 radical (unpaired) electrons. The van der Waals surface area contributed by atoms with Crippen LogP contribution in [0.2, 0.25) is 0 Å². The fourth-order valence-corrected chi connectivity index (χ4v) is 3.68. The highest BCUT2D eigenvalue weighted by Crippen LogP contribution is 2.32. The van der Waals surface area contributed by atoms with Gasteiger partial charge in [0.05, 0.1) is 13.2 Å². The monoisotopic (exact) mass is 394 g/mol. The molecule has 0 spiro atoms. The van der Waals surface area contributed by atoms with Crippen molar-refractivity contribution >= 4 is 29.0 Å². The number of morpholine rings is 1. The van der Waals surface area contributed by atoms with E-state index < -0.39 is 11.5 Å². The third kappa shape index (κ3) is 3.72. The fraction of sp³-hybridized carbons (Fsp3) is 0.400. The van der Waals surface area contributed by atoms with Crippen molar-refractivity contribution in [2.45, 2.75) is 25.0 Å². The summed E-state index contributed by atoms with van der Waals surface area (Å²) in [6.07, 6.45) is 1.58. The summed E-state index contributed by atoms with van der Waals surface area (Å²) in [5.41, 5.74) is -0.0675. The maximum atomic E-state index is 12.5. The first-order valence-corrected chi connectivity index (χ1v) is 9.50. The first kappa shape index (κ1) is 19.1. The van der Waals surface area contributed by atoms with Crippen molar-refractivity contribution in [1.29, 1.82) is 5.26 Å². The Morgan fingerprint density at radius 2 is 2.00 bits per heavy atom. The maximum absolute atomic E-state index is 12.5. The number of aromatic nitrogens is 2. The van der Waals surface area contributed by atoms with Crippen molar-refractivity contribution in [3.8, 4) is 6.07 Å². The summed E-state index contributed by atoms with van der Waals surface area (Å²) < 4.78 is 5.38. The van der Waals surface area contributed by atoms with Crippen LogP contribution in [0.3, 0.4) is 0 Å². The summed E-state index contributed by atoms with van der Waals surface area (Å²) in [6.45, 7) is 4.97. The summed E-state index contributed by atoms with van der Waals surface area (Å²) in [5.74, 6) is 0.0112. The summed E-state index contributed by atoms with van der Waals surface area (Å²) in [6, 6.07) is 10.9. The van der Waals surface area contributed by atoms with E-state index in [2.05, 4.69) is 20.2 Å². The van der Waals surface area contributed by atoms with Gasteiger partial charge in [-0.25, -0.2) is 4.98 Å². The van der Waals surface area contributed by atoms with Crippen molar-refractivity contribution in [3.63, 3.8) is 0 Å². The average molecular weight is 394 g/mol. The Morgan fingerprint density at radius 1 is 1.28 bits per heavy atom. The van der Waals surface area contributed by atoms with E-state index >= 15 is 0 Å². The van der Waals surface area contributed by atoms with E-state index in [0.717, 1.165) is 37.7 Å². The molecule has 9 nitrogen and oxygen atoms in total. The molecular weight excluding hydrogens is 372 g/mol. The van der Waals surface area contributed by atoms with Gasteiger partial charge in [0.2, 0.25) is 11.5 Å². The third-order valence-corrected chi connectivity index (χ3v) is 5.18. The fourth-order valence-electron chi connectivity index (χ4n) is 3.68. The zero-order valence-corrected chi connectivity index (χ0v) is 16.1. The molecule has 2 saturated heterocycles. The second kappa shape index (κ2) is 7.66. The Hall–Kier alpha value is -3.22. The standard InChI is InChI=1S/C20H22N6O3/c1-14-12-20(28,13-21)18(27)26(14)17-6-7-22-19(24-17)23-15-2-4-16(5-3-15)25-8-10-29-11-9-25/h2-7,14,28H,8-12H2,1H3,(H,22,23,24)/t14-,20+/m1/s1. The number of nitriles is 1. The lowest BCUT2D eigenvalue weighted by Crippen LogP contribution is -2.40. The van der Waals surface area contributed by atoms with Gasteiger partial charge in [-0.3, -0.25) is 9.69 Å². The summed E-state index contributed by atoms with van der Waals surface area (Å²) in [5, 5.41) is 22.5. The van der Waals surface area contributed by atoms with Crippen LogP contribution in [0.15, 0.2) is 36.5 Å². The minimum atomic E-state index is -2.01. The molecule has 9 heteroatoms. The summed E-state index contributed by atoms with van der Waals surface area (Å²) in [4.78, 5) is 24.7. The number of amides is 1. The normalized spacial score (nSPS) is 24.4. The number of ether oxygens (including phenoxy) is 1. The predicted molar refractivity (Wildman–Crippen MR) is 107 cm³/mol. The summed E-state index contributed by atoms with van der Waals surface area (Å²) >= 11 is 0. The molecule has 150 valence electrons. The SMILES string of the molecule is C[C@@H]1C[C@](O)(C#N)C(=O)N1c1ccnc(Nc2ccc(N3CCOCC3)cc2)n1. The van der Waals surface area contributed by atoms with E-state index in [1.165, 1.54) is 11.1 Å². The van der Waals surface area contributed by atoms with Crippen molar-refractivity contribution in [1.82, 2.24) is 9.97 Å². The molecule has 2 aliphatic rings. The summed E-state index contributed by atoms with van der Waals surface area (Å²) in [7, 11) is 0. The number of hydrogen-bond donors (Lipinski definition) is 2. The first-order chi connectivity index (χ1) is 14.0. The average Bonchev–Trinajstić information content (AvgIpc) is 2.98. The highest BCUT2D eigenvalue weighted by molar-refractivity contribution is 6.03. The Labute approximate surface area is 168 Å². The number of aliphatic hydroxyl groups is 1. The van der Waals surface area contributed by atoms with Crippen LogP contribution in [0.4, 0.5) is 23.1 Å². The van der Waals surface area contributed by atoms with Crippen LogP contribution in [0.5, 0.6) is 0 Å². The second-order valence-electron chi connectivity index (χ2n) is 7.21. The lowest BCUT2D eigenvalue weighted by molar-refractivity contribution is -0.128. The zero-order valence-electron chi connectivity index (χ0n) is 16.1. The topological polar surface area (TPSA) is 115 Å². The molecule has 0 unspecified atom stereocenters. The van der Waals surface area contributed by atoms with E-state index in [9.17, 15) is 9.90 Å². The van der Waals surface area contributed by atoms with Crippen molar-refractivity contribution in [2.75, 3.05) is 41.4 Å². The van der Waals surface area contributed by atoms with Gasteiger partial charge in [-0.1, -0.05) is 0 Å². The molecule has 1 amide bonds. The van der Waals surface area contributed by atoms with Gasteiger partial charge in [-0.05, 0) is 37.3 Å². The largest absolute Gasteiger partial charge is 0.378 e. The first-order valence-electron chi connectivity index (χ1n) is 9.50. The molecular formula is C20H22N6O3. The Bertz CT molecular complexity index is 938. The molecule has 0 aliphatic carbocycles. The number of carbonyl (C=O) groups is 1. The van der Waals surface area contributed by atoms with Gasteiger partial charge in [0.15, 0.2) is 0 Å². The predicted octanol–water partition coefficient (Wildman–Crippen LogP) is 1.44. The number of nitrogens with zero attached hydrogens (tertiary/aromatic N) is 5. The van der Waals surface area contributed by atoms with Gasteiger partial charge >= 0.3 is 0 Å². The van der Waals surface area contributed by atoms with Crippen molar-refractivity contribution in [3.05, 3.63) is 36.5 Å². The Morgan fingerprint density at radius 3 is 2.66 bits per heavy atom. The van der Waals surface area contributed by atoms with Gasteiger partial charge in [0.1, 0.15) is 11.9 Å². The molecule has 4 rings (SSSR count). The number of carbonyl (C=O) groups excluding carboxylic acids is 1. The maximum Gasteiger partial charge on any atom is 0.275 e. The molecule has 2 fully saturated rings. The van der Waals surface area contributed by atoms with Crippen molar-refractivity contribution < 1.29 is 14.6 Å². The molecule has 2 aromatic rings. The van der Waals surface area contributed by atoms with Gasteiger partial charge in [0, 0.05) is 43.1 Å². The van der Waals surface area contributed by atoms with E-state index in [4.69, 9.17) is 10.00 Å². The lowest BCUT2D eigenvalue weighted by Gasteiger charge is -2.28. The highest BCUT2D eigenvalue weighted by atomic mass is 16.5. The molecule has 2 aliphatic heterocycles. The van der Waals surface area contributed by atoms with Gasteiger partial charge in [-0.15, -0.1) is 0 Å². The van der Waals surface area contributed by atoms with E-state index in [0.29, 0.717) is 11.8 Å². The molecule has 2 atom stereocenters. The van der Waals surface area contributed by atoms with Gasteiger partial charge < -0.3 is 20.1 Å². The molecule has 3 heterocycles. The molecule has 0 saturated carbocycles. The number of anilines is 4. The second-order valence-corrected chi connectivity index (χ2v) is 7.21. The van der Waals surface area contributed by atoms with Crippen LogP contribution in [0, 0.1) is 11.3 Å². The van der Waals surface area contributed by atoms with Crippen molar-refractivity contribution in [2.24, 2.45) is 0 Å². The van der Waals surface area contributed by atoms with Crippen LogP contribution < -0.4 is 15.1 Å². The third-order valence-electron chi connectivity index (χ3n) is 5.18. The molecule has 1 aromatic heterocycles. The minimum absolute atomic E-state index is 0.0398. The number of rotatable bonds is 4. The van der Waals surface area contributed by atoms with E-state index in [1.54, 1.807) is 19.1 Å². The lowest BCUT2D eigenvalue weighted by atomic mass is 10.0. The van der Waals surface area contributed by atoms with E-state index in [1.807, 2.05) is 24.3 Å². The van der Waals surface area contributed by atoms with Crippen LogP contribution >= 0.6 is 0 Å². The number of nitrogens with one attached hydrogen (secondary N) is 1. The number of benzene rings is 1. The molecule has 1 aromatic carbocycles. The quantitative estimate of drug-likeness (QED) is 0.749. The Balaban J connectivity index is 1.50. The highest BCUT2D eigenvalue weighted by Gasteiger charge is 2.50. The zero-order chi connectivity index (χ0) is 20.4. The van der Waals surface area contributed by atoms with Crippen LogP contribution in [-0.4, -0.2) is 58.9 Å². The van der Waals surface area contributed by atoms with Gasteiger partial charge in [-0.2, -0.15) is 10.2 Å². The molecule has 0 bridgehead atoms. The molecule has 29 heavy (non-hydrogen) atoms. The molecule has 2 N–H and O–H groups in total. The Kier molecular flexibility index (Phi) is 5.05. The van der Waals surface area contributed by atoms with E-state index in [-0.39, 0.29) is 12.5 Å². The van der Waals surface area contributed by atoms with Crippen LogP contribution in [0.25, 0.3) is 0 Å². The number of hydrogen-bond acceptors (Lipinski definition) is 8. The smallest absolute Gasteiger partial charge is 0.275 e. The van der Waals surface area contributed by atoms with Gasteiger partial charge in [0.25, 0.3) is 5.91 Å².